The van der Waals surface area contributed by atoms with Crippen LogP contribution in [0, 0.1) is 0 Å². The quantitative estimate of drug-likeness (QED) is 0.692. The van der Waals surface area contributed by atoms with Crippen LogP contribution in [0.3, 0.4) is 0 Å². The molecule has 0 fully saturated rings. The van der Waals surface area contributed by atoms with Crippen LogP contribution in [-0.4, -0.2) is 21.4 Å². The first-order valence-electron chi connectivity index (χ1n) is 4.74. The van der Waals surface area contributed by atoms with Gasteiger partial charge in [0.2, 0.25) is 0 Å². The van der Waals surface area contributed by atoms with Crippen LogP contribution in [0.1, 0.15) is 20.2 Å². The zero-order chi connectivity index (χ0) is 13.1. The van der Waals surface area contributed by atoms with E-state index in [4.69, 9.17) is 21.4 Å². The summed E-state index contributed by atoms with van der Waals surface area (Å²) >= 11 is 6.47. The summed E-state index contributed by atoms with van der Waals surface area (Å²) in [6.45, 7) is 0. The molecule has 0 bridgehead atoms. The normalized spacial score (nSPS) is 10.1. The average Bonchev–Trinajstić information content (AvgIpc) is 2.81. The molecule has 1 heterocycles. The van der Waals surface area contributed by atoms with Gasteiger partial charge in [0.1, 0.15) is 10.6 Å². The van der Waals surface area contributed by atoms with Crippen molar-refractivity contribution in [3.63, 3.8) is 0 Å². The Morgan fingerprint density at radius 3 is 2.50 bits per heavy atom. The van der Waals surface area contributed by atoms with E-state index in [9.17, 15) is 9.59 Å². The minimum absolute atomic E-state index is 0.127. The number of ether oxygens (including phenoxy) is 1. The highest BCUT2D eigenvalue weighted by atomic mass is 35.5. The maximum Gasteiger partial charge on any atom is 0.355 e. The molecule has 1 aromatic heterocycles. The van der Waals surface area contributed by atoms with Crippen molar-refractivity contribution in [2.24, 2.45) is 0 Å². The Labute approximate surface area is 111 Å². The van der Waals surface area contributed by atoms with E-state index in [0.717, 1.165) is 11.5 Å². The third kappa shape index (κ3) is 2.85. The zero-order valence-corrected chi connectivity index (χ0v) is 10.4. The molecule has 5 nitrogen and oxygen atoms in total. The standard InChI is InChI=1S/C11H6ClNO4S/c12-6-1-3-7(4-2-6)17-11(16)9-5-8(10(14)15)13-18-9/h1-5H,(H,14,15). The Morgan fingerprint density at radius 2 is 1.94 bits per heavy atom. The van der Waals surface area contributed by atoms with Crippen molar-refractivity contribution >= 4 is 35.1 Å². The molecule has 0 saturated carbocycles. The van der Waals surface area contributed by atoms with Gasteiger partial charge in [0.15, 0.2) is 5.69 Å². The summed E-state index contributed by atoms with van der Waals surface area (Å²) < 4.78 is 8.64. The van der Waals surface area contributed by atoms with Crippen LogP contribution in [0.15, 0.2) is 30.3 Å². The van der Waals surface area contributed by atoms with Gasteiger partial charge in [0.25, 0.3) is 0 Å². The van der Waals surface area contributed by atoms with Crippen molar-refractivity contribution in [3.8, 4) is 5.75 Å². The van der Waals surface area contributed by atoms with Gasteiger partial charge in [-0.3, -0.25) is 0 Å². The van der Waals surface area contributed by atoms with Crippen LogP contribution in [0.2, 0.25) is 5.02 Å². The molecular formula is C11H6ClNO4S. The zero-order valence-electron chi connectivity index (χ0n) is 8.79. The Balaban J connectivity index is 2.11. The highest BCUT2D eigenvalue weighted by Gasteiger charge is 2.16. The second-order valence-electron chi connectivity index (χ2n) is 3.22. The molecule has 0 amide bonds. The van der Waals surface area contributed by atoms with E-state index in [1.807, 2.05) is 0 Å². The molecule has 0 aliphatic carbocycles. The van der Waals surface area contributed by atoms with E-state index in [2.05, 4.69) is 4.37 Å². The second kappa shape index (κ2) is 5.16. The SMILES string of the molecule is O=C(O)c1cc(C(=O)Oc2ccc(Cl)cc2)sn1. The smallest absolute Gasteiger partial charge is 0.355 e. The summed E-state index contributed by atoms with van der Waals surface area (Å²) in [6, 6.07) is 7.42. The van der Waals surface area contributed by atoms with Crippen LogP contribution >= 0.6 is 23.1 Å². The van der Waals surface area contributed by atoms with E-state index in [1.165, 1.54) is 6.07 Å². The van der Waals surface area contributed by atoms with Gasteiger partial charge in [-0.05, 0) is 41.9 Å². The lowest BCUT2D eigenvalue weighted by molar-refractivity contribution is 0.0691. The first kappa shape index (κ1) is 12.5. The maximum absolute atomic E-state index is 11.7. The van der Waals surface area contributed by atoms with Gasteiger partial charge in [-0.1, -0.05) is 11.6 Å². The number of aromatic carboxylic acids is 1. The highest BCUT2D eigenvalue weighted by Crippen LogP contribution is 2.18. The number of aromatic nitrogens is 1. The first-order valence-corrected chi connectivity index (χ1v) is 5.89. The van der Waals surface area contributed by atoms with Crippen LogP contribution in [-0.2, 0) is 0 Å². The molecule has 0 aliphatic heterocycles. The third-order valence-electron chi connectivity index (χ3n) is 1.95. The maximum atomic E-state index is 11.7. The van der Waals surface area contributed by atoms with Crippen molar-refractivity contribution in [1.29, 1.82) is 0 Å². The largest absolute Gasteiger partial charge is 0.476 e. The summed E-state index contributed by atoms with van der Waals surface area (Å²) in [6.07, 6.45) is 0. The molecular weight excluding hydrogens is 278 g/mol. The molecule has 2 rings (SSSR count). The Bertz CT molecular complexity index is 593. The number of carboxylic acid groups (broad SMARTS) is 1. The molecule has 18 heavy (non-hydrogen) atoms. The van der Waals surface area contributed by atoms with Crippen LogP contribution in [0.25, 0.3) is 0 Å². The molecule has 0 atom stereocenters. The number of halogens is 1. The van der Waals surface area contributed by atoms with E-state index in [1.54, 1.807) is 24.3 Å². The van der Waals surface area contributed by atoms with Gasteiger partial charge < -0.3 is 9.84 Å². The Hall–Kier alpha value is -1.92. The predicted octanol–water partition coefficient (Wildman–Crippen LogP) is 2.71. The van der Waals surface area contributed by atoms with Crippen molar-refractivity contribution in [1.82, 2.24) is 4.37 Å². The fourth-order valence-corrected chi connectivity index (χ4v) is 1.87. The minimum atomic E-state index is -1.18. The molecule has 0 aliphatic rings. The van der Waals surface area contributed by atoms with Gasteiger partial charge >= 0.3 is 11.9 Å². The van der Waals surface area contributed by atoms with E-state index < -0.39 is 11.9 Å². The van der Waals surface area contributed by atoms with Crippen molar-refractivity contribution in [2.75, 3.05) is 0 Å². The Kier molecular flexibility index (Phi) is 3.59. The lowest BCUT2D eigenvalue weighted by Gasteiger charge is -2.01. The number of esters is 1. The van der Waals surface area contributed by atoms with E-state index >= 15 is 0 Å². The molecule has 7 heteroatoms. The molecule has 92 valence electrons. The lowest BCUT2D eigenvalue weighted by atomic mass is 10.3. The number of nitrogens with zero attached hydrogens (tertiary/aromatic N) is 1. The number of rotatable bonds is 3. The number of carbonyl (C=O) groups is 2. The van der Waals surface area contributed by atoms with Gasteiger partial charge in [-0.25, -0.2) is 9.59 Å². The summed E-state index contributed by atoms with van der Waals surface area (Å²) in [4.78, 5) is 22.4. The van der Waals surface area contributed by atoms with Gasteiger partial charge in [-0.15, -0.1) is 0 Å². The van der Waals surface area contributed by atoms with E-state index in [-0.39, 0.29) is 10.6 Å². The van der Waals surface area contributed by atoms with E-state index in [0.29, 0.717) is 10.8 Å². The van der Waals surface area contributed by atoms with Crippen molar-refractivity contribution in [3.05, 3.63) is 45.9 Å². The summed E-state index contributed by atoms with van der Waals surface area (Å²) in [7, 11) is 0. The van der Waals surface area contributed by atoms with Crippen molar-refractivity contribution in [2.45, 2.75) is 0 Å². The number of hydrogen-bond donors (Lipinski definition) is 1. The molecule has 1 aromatic carbocycles. The molecule has 0 saturated heterocycles. The topological polar surface area (TPSA) is 76.5 Å². The molecule has 0 unspecified atom stereocenters. The van der Waals surface area contributed by atoms with Crippen LogP contribution in [0.5, 0.6) is 5.75 Å². The molecule has 0 radical (unpaired) electrons. The first-order chi connectivity index (χ1) is 8.56. The molecule has 1 N–H and O–H groups in total. The number of carbonyl (C=O) groups excluding carboxylic acids is 1. The molecule has 0 spiro atoms. The predicted molar refractivity (Wildman–Crippen MR) is 65.5 cm³/mol. The number of carboxylic acids is 1. The molecule has 2 aromatic rings. The minimum Gasteiger partial charge on any atom is -0.476 e. The monoisotopic (exact) mass is 283 g/mol. The van der Waals surface area contributed by atoms with Gasteiger partial charge in [0.05, 0.1) is 0 Å². The van der Waals surface area contributed by atoms with Crippen molar-refractivity contribution < 1.29 is 19.4 Å². The summed E-state index contributed by atoms with van der Waals surface area (Å²) in [5.74, 6) is -1.51. The third-order valence-corrected chi connectivity index (χ3v) is 2.98. The van der Waals surface area contributed by atoms with Gasteiger partial charge in [-0.2, -0.15) is 4.37 Å². The number of benzene rings is 1. The van der Waals surface area contributed by atoms with Gasteiger partial charge in [0, 0.05) is 5.02 Å². The fourth-order valence-electron chi connectivity index (χ4n) is 1.13. The summed E-state index contributed by atoms with van der Waals surface area (Å²) in [5.41, 5.74) is -0.178. The fraction of sp³-hybridized carbons (Fsp3) is 0. The second-order valence-corrected chi connectivity index (χ2v) is 4.47. The van der Waals surface area contributed by atoms with Crippen LogP contribution in [0.4, 0.5) is 0 Å². The summed E-state index contributed by atoms with van der Waals surface area (Å²) in [5, 5.41) is 9.21. The average molecular weight is 284 g/mol. The highest BCUT2D eigenvalue weighted by molar-refractivity contribution is 7.08. The van der Waals surface area contributed by atoms with Crippen LogP contribution < -0.4 is 4.74 Å². The lowest BCUT2D eigenvalue weighted by Crippen LogP contribution is -2.06. The number of hydrogen-bond acceptors (Lipinski definition) is 5. The Morgan fingerprint density at radius 1 is 1.28 bits per heavy atom.